The van der Waals surface area contributed by atoms with E-state index in [1.165, 1.54) is 4.90 Å². The fourth-order valence-corrected chi connectivity index (χ4v) is 3.21. The highest BCUT2D eigenvalue weighted by atomic mass is 35.5. The first-order valence-electron chi connectivity index (χ1n) is 9.42. The van der Waals surface area contributed by atoms with Gasteiger partial charge in [-0.25, -0.2) is 0 Å². The van der Waals surface area contributed by atoms with E-state index < -0.39 is 29.3 Å². The molecule has 0 rings (SSSR count). The lowest BCUT2D eigenvalue weighted by molar-refractivity contribution is -0.154. The van der Waals surface area contributed by atoms with Crippen molar-refractivity contribution in [2.45, 2.75) is 58.0 Å². The summed E-state index contributed by atoms with van der Waals surface area (Å²) >= 11 is 5.61. The van der Waals surface area contributed by atoms with E-state index in [2.05, 4.69) is 5.29 Å². The second-order valence-electron chi connectivity index (χ2n) is 7.01. The van der Waals surface area contributed by atoms with Crippen LogP contribution in [0.2, 0.25) is 0 Å². The molecule has 6 N–H and O–H groups in total. The molecule has 3 amide bonds. The lowest BCUT2D eigenvalue weighted by Crippen LogP contribution is -2.67. The van der Waals surface area contributed by atoms with Gasteiger partial charge in [0, 0.05) is 12.4 Å². The number of carbonyl (C=O) groups excluding carboxylic acids is 3. The Hall–Kier alpha value is -1.49. The topological polar surface area (TPSA) is 165 Å². The Kier molecular flexibility index (Phi) is 14.8. The zero-order valence-electron chi connectivity index (χ0n) is 17.3. The molecule has 0 aliphatic heterocycles. The first kappa shape index (κ1) is 29.7. The molecule has 0 spiro atoms. The minimum Gasteiger partial charge on any atom is -0.368 e. The molecule has 2 atom stereocenters. The van der Waals surface area contributed by atoms with Crippen LogP contribution in [0.3, 0.4) is 0 Å². The number of carbonyl (C=O) groups is 3. The van der Waals surface area contributed by atoms with E-state index in [4.69, 9.17) is 28.8 Å². The summed E-state index contributed by atoms with van der Waals surface area (Å²) in [5.74, 6) is -2.77. The molecule has 0 saturated heterocycles. The van der Waals surface area contributed by atoms with Crippen LogP contribution in [0.25, 0.3) is 0 Å². The molecule has 29 heavy (non-hydrogen) atoms. The molecular weight excluding hydrogens is 423 g/mol. The Labute approximate surface area is 183 Å². The number of halogens is 2. The Balaban J connectivity index is 0. The molecule has 10 nitrogen and oxygen atoms in total. The van der Waals surface area contributed by atoms with Gasteiger partial charge in [-0.2, -0.15) is 5.01 Å². The van der Waals surface area contributed by atoms with Gasteiger partial charge >= 0.3 is 0 Å². The molecule has 0 fully saturated rings. The summed E-state index contributed by atoms with van der Waals surface area (Å²) in [6.45, 7) is 5.64. The Morgan fingerprint density at radius 1 is 1.14 bits per heavy atom. The molecule has 0 aliphatic carbocycles. The van der Waals surface area contributed by atoms with Crippen LogP contribution >= 0.6 is 24.0 Å². The Bertz CT molecular complexity index is 552. The molecule has 0 bridgehead atoms. The van der Waals surface area contributed by atoms with Gasteiger partial charge in [-0.15, -0.1) is 28.9 Å². The summed E-state index contributed by atoms with van der Waals surface area (Å²) in [7, 11) is 0. The van der Waals surface area contributed by atoms with Crippen LogP contribution in [0.4, 0.5) is 0 Å². The van der Waals surface area contributed by atoms with Crippen molar-refractivity contribution in [2.24, 2.45) is 28.4 Å². The maximum absolute atomic E-state index is 13.4. The number of hydrogen-bond acceptors (Lipinski definition) is 7. The van der Waals surface area contributed by atoms with Gasteiger partial charge in [0.05, 0.1) is 11.8 Å². The van der Waals surface area contributed by atoms with Crippen molar-refractivity contribution in [2.75, 3.05) is 25.5 Å². The maximum atomic E-state index is 13.4. The summed E-state index contributed by atoms with van der Waals surface area (Å²) in [4.78, 5) is 50.7. The van der Waals surface area contributed by atoms with Crippen molar-refractivity contribution in [3.8, 4) is 0 Å². The highest BCUT2D eigenvalue weighted by Gasteiger charge is 2.49. The number of amides is 3. The smallest absolute Gasteiger partial charge is 0.275 e. The van der Waals surface area contributed by atoms with E-state index in [-0.39, 0.29) is 43.7 Å². The molecule has 0 unspecified atom stereocenters. The summed E-state index contributed by atoms with van der Waals surface area (Å²) in [6, 6.07) is -0.941. The van der Waals surface area contributed by atoms with Crippen LogP contribution in [0.5, 0.6) is 0 Å². The van der Waals surface area contributed by atoms with Crippen molar-refractivity contribution in [3.05, 3.63) is 4.91 Å². The van der Waals surface area contributed by atoms with Gasteiger partial charge in [0.2, 0.25) is 5.91 Å². The monoisotopic (exact) mass is 456 g/mol. The van der Waals surface area contributed by atoms with Gasteiger partial charge in [-0.3, -0.25) is 14.4 Å². The second-order valence-corrected chi connectivity index (χ2v) is 7.38. The van der Waals surface area contributed by atoms with E-state index in [1.54, 1.807) is 13.8 Å². The highest BCUT2D eigenvalue weighted by molar-refractivity contribution is 6.18. The van der Waals surface area contributed by atoms with E-state index in [9.17, 15) is 19.3 Å². The highest BCUT2D eigenvalue weighted by Crippen LogP contribution is 2.23. The first-order chi connectivity index (χ1) is 13.1. The minimum absolute atomic E-state index is 0. The first-order valence-corrected chi connectivity index (χ1v) is 9.96. The lowest BCUT2D eigenvalue weighted by atomic mass is 9.88. The van der Waals surface area contributed by atoms with Crippen LogP contribution in [0.15, 0.2) is 5.29 Å². The van der Waals surface area contributed by atoms with Crippen LogP contribution in [0, 0.1) is 10.8 Å². The predicted octanol–water partition coefficient (Wildman–Crippen LogP) is 0.732. The molecule has 0 heterocycles. The molecule has 0 aliphatic rings. The van der Waals surface area contributed by atoms with Crippen molar-refractivity contribution >= 4 is 41.7 Å². The van der Waals surface area contributed by atoms with E-state index in [0.717, 1.165) is 0 Å². The van der Waals surface area contributed by atoms with Crippen LogP contribution in [0.1, 0.15) is 46.5 Å². The molecule has 12 heteroatoms. The molecule has 0 radical (unpaired) electrons. The minimum atomic E-state index is -2.08. The third kappa shape index (κ3) is 8.04. The van der Waals surface area contributed by atoms with Crippen molar-refractivity contribution in [3.63, 3.8) is 0 Å². The average Bonchev–Trinajstić information content (AvgIpc) is 2.63. The van der Waals surface area contributed by atoms with Gasteiger partial charge in [-0.05, 0) is 38.1 Å². The summed E-state index contributed by atoms with van der Waals surface area (Å²) < 4.78 is 0. The summed E-state index contributed by atoms with van der Waals surface area (Å²) in [5, 5.41) is 3.20. The van der Waals surface area contributed by atoms with Crippen LogP contribution in [-0.2, 0) is 14.4 Å². The predicted molar refractivity (Wildman–Crippen MR) is 115 cm³/mol. The van der Waals surface area contributed by atoms with E-state index in [0.29, 0.717) is 30.8 Å². The van der Waals surface area contributed by atoms with Crippen LogP contribution < -0.4 is 17.2 Å². The number of nitrogens with zero attached hydrogens (tertiary/aromatic N) is 3. The largest absolute Gasteiger partial charge is 0.368 e. The summed E-state index contributed by atoms with van der Waals surface area (Å²) in [5.41, 5.74) is 15.2. The third-order valence-electron chi connectivity index (χ3n) is 4.40. The zero-order chi connectivity index (χ0) is 21.9. The Morgan fingerprint density at radius 3 is 2.10 bits per heavy atom. The number of alkyl halides is 1. The number of primary amides is 1. The molecule has 0 aromatic heterocycles. The Morgan fingerprint density at radius 2 is 1.72 bits per heavy atom. The number of rotatable bonds is 14. The maximum Gasteiger partial charge on any atom is 0.275 e. The number of nitrogens with two attached hydrogens (primary N) is 3. The molecule has 170 valence electrons. The van der Waals surface area contributed by atoms with E-state index in [1.807, 2.05) is 6.92 Å². The van der Waals surface area contributed by atoms with Gasteiger partial charge in [-0.1, -0.05) is 20.8 Å². The molecule has 0 aromatic rings. The fraction of sp³-hybridized carbons (Fsp3) is 0.824. The summed E-state index contributed by atoms with van der Waals surface area (Å²) in [6.07, 6.45) is 1.37. The van der Waals surface area contributed by atoms with Crippen LogP contribution in [-0.4, -0.2) is 64.7 Å². The standard InChI is InChI=1S/C17H33ClN6O4.ClH/c1-4-10-23(13(12(2)3)14(20)25)15(26)17(21,7-5-6-9-19)16(27)24(22-28)11-8-18;/h12-13H,4-11,19,21H2,1-3H3,(H2,20,25);1H/t13-,17-;/m0./s1. The van der Waals surface area contributed by atoms with Gasteiger partial charge in [0.15, 0.2) is 5.54 Å². The molecular formula is C17H34Cl2N6O4. The molecule has 0 saturated carbocycles. The second kappa shape index (κ2) is 14.5. The normalized spacial score (nSPS) is 13.8. The van der Waals surface area contributed by atoms with Gasteiger partial charge < -0.3 is 22.1 Å². The number of nitroso groups, excluding NO2 is 1. The SMILES string of the molecule is CCCN(C(=O)[C@@](N)(CCCCN)C(=O)N(CCCl)N=O)[C@H](C(N)=O)C(C)C.Cl. The van der Waals surface area contributed by atoms with Crippen molar-refractivity contribution in [1.82, 2.24) is 9.91 Å². The third-order valence-corrected chi connectivity index (χ3v) is 4.57. The average molecular weight is 457 g/mol. The van der Waals surface area contributed by atoms with Gasteiger partial charge in [0.1, 0.15) is 6.04 Å². The zero-order valence-corrected chi connectivity index (χ0v) is 18.9. The lowest BCUT2D eigenvalue weighted by Gasteiger charge is -2.39. The van der Waals surface area contributed by atoms with E-state index >= 15 is 0 Å². The fourth-order valence-electron chi connectivity index (χ4n) is 3.05. The van der Waals surface area contributed by atoms with Crippen molar-refractivity contribution in [1.29, 1.82) is 0 Å². The van der Waals surface area contributed by atoms with Crippen molar-refractivity contribution < 1.29 is 14.4 Å². The molecule has 0 aromatic carbocycles. The van der Waals surface area contributed by atoms with Gasteiger partial charge in [0.25, 0.3) is 11.8 Å². The number of hydrogen-bond donors (Lipinski definition) is 3. The quantitative estimate of drug-likeness (QED) is 0.114. The number of unbranched alkanes of at least 4 members (excludes halogenated alkanes) is 1.